The van der Waals surface area contributed by atoms with E-state index in [1.807, 2.05) is 0 Å². The first-order chi connectivity index (χ1) is 9.11. The monoisotopic (exact) mass is 267 g/mol. The van der Waals surface area contributed by atoms with Crippen LogP contribution >= 0.6 is 0 Å². The molecule has 4 heteroatoms. The lowest BCUT2D eigenvalue weighted by atomic mass is 9.77. The van der Waals surface area contributed by atoms with Crippen molar-refractivity contribution in [2.75, 3.05) is 13.1 Å². The van der Waals surface area contributed by atoms with Crippen molar-refractivity contribution >= 4 is 5.91 Å². The molecule has 1 amide bonds. The molecule has 2 fully saturated rings. The summed E-state index contributed by atoms with van der Waals surface area (Å²) in [6.45, 7) is 6.62. The number of primary amides is 1. The van der Waals surface area contributed by atoms with Crippen LogP contribution in [0.5, 0.6) is 0 Å². The minimum Gasteiger partial charge on any atom is -0.368 e. The molecule has 0 aromatic rings. The van der Waals surface area contributed by atoms with Crippen LogP contribution < -0.4 is 11.1 Å². The molecule has 0 aliphatic heterocycles. The van der Waals surface area contributed by atoms with E-state index in [0.717, 1.165) is 32.4 Å². The minimum atomic E-state index is -0.439. The van der Waals surface area contributed by atoms with Gasteiger partial charge in [-0.1, -0.05) is 13.8 Å². The molecule has 0 radical (unpaired) electrons. The topological polar surface area (TPSA) is 58.4 Å². The van der Waals surface area contributed by atoms with Crippen LogP contribution in [0.3, 0.4) is 0 Å². The Balaban J connectivity index is 2.05. The Kier molecular flexibility index (Phi) is 4.85. The van der Waals surface area contributed by atoms with Gasteiger partial charge in [-0.15, -0.1) is 0 Å². The second-order valence-electron chi connectivity index (χ2n) is 6.24. The van der Waals surface area contributed by atoms with Crippen LogP contribution in [0, 0.1) is 0 Å². The highest BCUT2D eigenvalue weighted by atomic mass is 16.1. The Morgan fingerprint density at radius 2 is 2.11 bits per heavy atom. The van der Waals surface area contributed by atoms with E-state index in [2.05, 4.69) is 24.1 Å². The van der Waals surface area contributed by atoms with E-state index in [1.165, 1.54) is 25.7 Å². The predicted molar refractivity (Wildman–Crippen MR) is 77.9 cm³/mol. The number of nitrogens with two attached hydrogens (primary N) is 1. The van der Waals surface area contributed by atoms with Gasteiger partial charge >= 0.3 is 0 Å². The van der Waals surface area contributed by atoms with Crippen LogP contribution in [0.4, 0.5) is 0 Å². The number of carbonyl (C=O) groups is 1. The Morgan fingerprint density at radius 3 is 2.63 bits per heavy atom. The molecule has 2 saturated carbocycles. The fraction of sp³-hybridized carbons (Fsp3) is 0.933. The smallest absolute Gasteiger partial charge is 0.237 e. The van der Waals surface area contributed by atoms with Crippen molar-refractivity contribution < 1.29 is 4.79 Å². The molecule has 2 aliphatic carbocycles. The first kappa shape index (κ1) is 14.8. The van der Waals surface area contributed by atoms with Crippen molar-refractivity contribution in [2.24, 2.45) is 5.73 Å². The number of carbonyl (C=O) groups excluding carboxylic acids is 1. The highest BCUT2D eigenvalue weighted by Crippen LogP contribution is 2.34. The van der Waals surface area contributed by atoms with Gasteiger partial charge in [-0.3, -0.25) is 4.79 Å². The standard InChI is InChI=1S/C15H29N3O/c1-3-10-18(4-2)13-6-5-9-15(11-13,14(16)19)17-12-7-8-12/h12-13,17H,3-11H2,1-2H3,(H2,16,19). The summed E-state index contributed by atoms with van der Waals surface area (Å²) in [5.74, 6) is -0.142. The number of nitrogens with one attached hydrogen (secondary N) is 1. The Labute approximate surface area is 117 Å². The van der Waals surface area contributed by atoms with Gasteiger partial charge in [-0.25, -0.2) is 0 Å². The lowest BCUT2D eigenvalue weighted by Gasteiger charge is -2.43. The van der Waals surface area contributed by atoms with Gasteiger partial charge in [0.05, 0.1) is 5.54 Å². The zero-order valence-electron chi connectivity index (χ0n) is 12.5. The lowest BCUT2D eigenvalue weighted by Crippen LogP contribution is -2.61. The maximum absolute atomic E-state index is 12.0. The van der Waals surface area contributed by atoms with E-state index in [-0.39, 0.29) is 5.91 Å². The van der Waals surface area contributed by atoms with Crippen LogP contribution in [-0.4, -0.2) is 41.5 Å². The molecule has 2 aliphatic rings. The summed E-state index contributed by atoms with van der Waals surface area (Å²) in [6.07, 6.45) is 7.69. The Morgan fingerprint density at radius 1 is 1.37 bits per heavy atom. The van der Waals surface area contributed by atoms with E-state index < -0.39 is 5.54 Å². The Bertz CT molecular complexity index is 317. The fourth-order valence-corrected chi connectivity index (χ4v) is 3.49. The second kappa shape index (κ2) is 6.23. The van der Waals surface area contributed by atoms with Gasteiger partial charge in [-0.2, -0.15) is 0 Å². The summed E-state index contributed by atoms with van der Waals surface area (Å²) in [5.41, 5.74) is 5.30. The van der Waals surface area contributed by atoms with Crippen molar-refractivity contribution in [1.29, 1.82) is 0 Å². The average Bonchev–Trinajstić information content (AvgIpc) is 3.19. The highest BCUT2D eigenvalue weighted by molar-refractivity contribution is 5.85. The van der Waals surface area contributed by atoms with Crippen molar-refractivity contribution in [3.05, 3.63) is 0 Å². The summed E-state index contributed by atoms with van der Waals surface area (Å²) < 4.78 is 0. The van der Waals surface area contributed by atoms with Gasteiger partial charge in [0.15, 0.2) is 0 Å². The third kappa shape index (κ3) is 3.48. The molecule has 0 spiro atoms. The van der Waals surface area contributed by atoms with Gasteiger partial charge in [0.2, 0.25) is 5.91 Å². The first-order valence-electron chi connectivity index (χ1n) is 7.93. The summed E-state index contributed by atoms with van der Waals surface area (Å²) in [6, 6.07) is 1.05. The number of hydrogen-bond acceptors (Lipinski definition) is 3. The van der Waals surface area contributed by atoms with Gasteiger partial charge in [0.25, 0.3) is 0 Å². The van der Waals surface area contributed by atoms with Gasteiger partial charge in [-0.05, 0) is 58.0 Å². The summed E-state index contributed by atoms with van der Waals surface area (Å²) in [7, 11) is 0. The van der Waals surface area contributed by atoms with E-state index >= 15 is 0 Å². The normalized spacial score (nSPS) is 31.6. The second-order valence-corrected chi connectivity index (χ2v) is 6.24. The molecular formula is C15H29N3O. The Hall–Kier alpha value is -0.610. The summed E-state index contributed by atoms with van der Waals surface area (Å²) in [4.78, 5) is 14.5. The molecule has 0 bridgehead atoms. The van der Waals surface area contributed by atoms with Crippen LogP contribution in [0.1, 0.15) is 58.8 Å². The van der Waals surface area contributed by atoms with Gasteiger partial charge in [0, 0.05) is 12.1 Å². The van der Waals surface area contributed by atoms with E-state index in [4.69, 9.17) is 5.73 Å². The van der Waals surface area contributed by atoms with E-state index in [1.54, 1.807) is 0 Å². The summed E-state index contributed by atoms with van der Waals surface area (Å²) in [5, 5.41) is 3.56. The molecular weight excluding hydrogens is 238 g/mol. The van der Waals surface area contributed by atoms with Crippen LogP contribution in [0.15, 0.2) is 0 Å². The van der Waals surface area contributed by atoms with Crippen LogP contribution in [-0.2, 0) is 4.79 Å². The zero-order valence-corrected chi connectivity index (χ0v) is 12.5. The third-order valence-corrected chi connectivity index (χ3v) is 4.69. The molecule has 3 N–H and O–H groups in total. The van der Waals surface area contributed by atoms with Crippen molar-refractivity contribution in [2.45, 2.75) is 76.4 Å². The maximum Gasteiger partial charge on any atom is 0.237 e. The molecule has 4 nitrogen and oxygen atoms in total. The van der Waals surface area contributed by atoms with Gasteiger partial charge in [0.1, 0.15) is 0 Å². The van der Waals surface area contributed by atoms with Crippen molar-refractivity contribution in [1.82, 2.24) is 10.2 Å². The van der Waals surface area contributed by atoms with Crippen LogP contribution in [0.25, 0.3) is 0 Å². The van der Waals surface area contributed by atoms with Gasteiger partial charge < -0.3 is 16.0 Å². The molecule has 0 aromatic carbocycles. The number of hydrogen-bond donors (Lipinski definition) is 2. The quantitative estimate of drug-likeness (QED) is 0.737. The van der Waals surface area contributed by atoms with Crippen LogP contribution in [0.2, 0.25) is 0 Å². The molecule has 19 heavy (non-hydrogen) atoms. The lowest BCUT2D eigenvalue weighted by molar-refractivity contribution is -0.126. The predicted octanol–water partition coefficient (Wildman–Crippen LogP) is 1.64. The average molecular weight is 267 g/mol. The van der Waals surface area contributed by atoms with E-state index in [0.29, 0.717) is 12.1 Å². The zero-order chi connectivity index (χ0) is 13.9. The minimum absolute atomic E-state index is 0.142. The number of nitrogens with zero attached hydrogens (tertiary/aromatic N) is 1. The number of amides is 1. The highest BCUT2D eigenvalue weighted by Gasteiger charge is 2.45. The fourth-order valence-electron chi connectivity index (χ4n) is 3.49. The molecule has 2 unspecified atom stereocenters. The SMILES string of the molecule is CCCN(CC)C1CCCC(NC2CC2)(C(N)=O)C1. The molecule has 0 saturated heterocycles. The van der Waals surface area contributed by atoms with Crippen molar-refractivity contribution in [3.63, 3.8) is 0 Å². The molecule has 2 rings (SSSR count). The maximum atomic E-state index is 12.0. The first-order valence-corrected chi connectivity index (χ1v) is 7.93. The third-order valence-electron chi connectivity index (χ3n) is 4.69. The summed E-state index contributed by atoms with van der Waals surface area (Å²) >= 11 is 0. The molecule has 2 atom stereocenters. The van der Waals surface area contributed by atoms with Crippen molar-refractivity contribution in [3.8, 4) is 0 Å². The largest absolute Gasteiger partial charge is 0.368 e. The molecule has 110 valence electrons. The molecule has 0 heterocycles. The van der Waals surface area contributed by atoms with E-state index in [9.17, 15) is 4.79 Å². The number of rotatable bonds is 7. The molecule has 0 aromatic heterocycles.